The van der Waals surface area contributed by atoms with Gasteiger partial charge in [0.25, 0.3) is 0 Å². The monoisotopic (exact) mass is 253 g/mol. The minimum Gasteiger partial charge on any atom is -0.249 e. The normalized spacial score (nSPS) is 10.6. The Morgan fingerprint density at radius 1 is 1.38 bits per heavy atom. The maximum atomic E-state index is 13.3. The van der Waals surface area contributed by atoms with E-state index in [2.05, 4.69) is 11.9 Å². The van der Waals surface area contributed by atoms with Gasteiger partial charge in [-0.1, -0.05) is 19.1 Å². The fraction of sp³-hybridized carbons (Fsp3) is 0.250. The first kappa shape index (κ1) is 11.6. The Kier molecular flexibility index (Phi) is 3.96. The summed E-state index contributed by atoms with van der Waals surface area (Å²) >= 11 is 3.20. The largest absolute Gasteiger partial charge is 0.249 e. The van der Waals surface area contributed by atoms with Crippen molar-refractivity contribution in [3.63, 3.8) is 0 Å². The van der Waals surface area contributed by atoms with Crippen molar-refractivity contribution >= 4 is 23.1 Å². The summed E-state index contributed by atoms with van der Waals surface area (Å²) in [5, 5.41) is 1.06. The number of halogens is 1. The predicted molar refractivity (Wildman–Crippen MR) is 67.5 cm³/mol. The molecule has 4 heteroatoms. The lowest BCUT2D eigenvalue weighted by molar-refractivity contribution is 0.602. The van der Waals surface area contributed by atoms with E-state index in [-0.39, 0.29) is 5.82 Å². The second kappa shape index (κ2) is 5.46. The highest BCUT2D eigenvalue weighted by molar-refractivity contribution is 7.98. The molecule has 1 aromatic carbocycles. The van der Waals surface area contributed by atoms with Gasteiger partial charge < -0.3 is 0 Å². The number of aromatic nitrogens is 1. The smallest absolute Gasteiger partial charge is 0.136 e. The molecule has 1 nitrogen and oxygen atoms in total. The van der Waals surface area contributed by atoms with Crippen LogP contribution in [-0.4, -0.2) is 4.98 Å². The Labute approximate surface area is 103 Å². The quantitative estimate of drug-likeness (QED) is 0.760. The van der Waals surface area contributed by atoms with Crippen LogP contribution in [0.3, 0.4) is 0 Å². The van der Waals surface area contributed by atoms with E-state index < -0.39 is 0 Å². The molecule has 2 aromatic rings. The van der Waals surface area contributed by atoms with Crippen LogP contribution in [0, 0.1) is 5.82 Å². The van der Waals surface area contributed by atoms with Crippen LogP contribution in [0.15, 0.2) is 35.4 Å². The zero-order chi connectivity index (χ0) is 11.4. The van der Waals surface area contributed by atoms with Crippen LogP contribution in [-0.2, 0) is 12.2 Å². The summed E-state index contributed by atoms with van der Waals surface area (Å²) in [5.74, 6) is 0.589. The molecule has 0 aliphatic rings. The summed E-state index contributed by atoms with van der Waals surface area (Å²) in [6.45, 7) is 2.11. The molecule has 84 valence electrons. The van der Waals surface area contributed by atoms with E-state index in [0.717, 1.165) is 17.2 Å². The zero-order valence-electron chi connectivity index (χ0n) is 8.94. The number of hydrogen-bond acceptors (Lipinski definition) is 3. The van der Waals surface area contributed by atoms with Gasteiger partial charge in [0.2, 0.25) is 0 Å². The molecule has 2 rings (SSSR count). The maximum Gasteiger partial charge on any atom is 0.136 e. The molecule has 16 heavy (non-hydrogen) atoms. The molecule has 0 N–H and O–H groups in total. The number of hydrogen-bond donors (Lipinski definition) is 0. The third-order valence-electron chi connectivity index (χ3n) is 2.14. The van der Waals surface area contributed by atoms with Crippen LogP contribution in [0.5, 0.6) is 0 Å². The first-order chi connectivity index (χ1) is 7.79. The van der Waals surface area contributed by atoms with Crippen LogP contribution in [0.2, 0.25) is 0 Å². The van der Waals surface area contributed by atoms with Gasteiger partial charge in [0.15, 0.2) is 0 Å². The van der Waals surface area contributed by atoms with Crippen molar-refractivity contribution < 1.29 is 4.39 Å². The molecule has 0 saturated heterocycles. The Balaban J connectivity index is 1.99. The molecule has 0 unspecified atom stereocenters. The van der Waals surface area contributed by atoms with Crippen LogP contribution in [0.1, 0.15) is 16.8 Å². The van der Waals surface area contributed by atoms with Crippen LogP contribution in [0.4, 0.5) is 4.39 Å². The lowest BCUT2D eigenvalue weighted by atomic mass is 10.3. The lowest BCUT2D eigenvalue weighted by Crippen LogP contribution is -1.81. The van der Waals surface area contributed by atoms with Crippen molar-refractivity contribution in [3.8, 4) is 0 Å². The first-order valence-electron chi connectivity index (χ1n) is 5.10. The Bertz CT molecular complexity index is 468. The molecule has 0 saturated carbocycles. The van der Waals surface area contributed by atoms with Crippen molar-refractivity contribution in [2.45, 2.75) is 24.0 Å². The Morgan fingerprint density at radius 3 is 2.88 bits per heavy atom. The van der Waals surface area contributed by atoms with Gasteiger partial charge in [0, 0.05) is 16.0 Å². The zero-order valence-corrected chi connectivity index (χ0v) is 10.6. The second-order valence-electron chi connectivity index (χ2n) is 3.29. The van der Waals surface area contributed by atoms with E-state index >= 15 is 0 Å². The molecular formula is C12H12FNS2. The van der Waals surface area contributed by atoms with Gasteiger partial charge in [0.1, 0.15) is 10.8 Å². The summed E-state index contributed by atoms with van der Waals surface area (Å²) in [7, 11) is 0. The minimum absolute atomic E-state index is 0.153. The van der Waals surface area contributed by atoms with Crippen molar-refractivity contribution in [3.05, 3.63) is 46.2 Å². The maximum absolute atomic E-state index is 13.3. The molecule has 0 fully saturated rings. The average Bonchev–Trinajstić information content (AvgIpc) is 2.76. The molecule has 0 spiro atoms. The van der Waals surface area contributed by atoms with E-state index in [0.29, 0.717) is 4.90 Å². The Hall–Kier alpha value is -0.870. The van der Waals surface area contributed by atoms with Crippen molar-refractivity contribution in [2.75, 3.05) is 0 Å². The molecule has 0 radical (unpaired) electrons. The summed E-state index contributed by atoms with van der Waals surface area (Å²) in [6, 6.07) is 6.85. The first-order valence-corrected chi connectivity index (χ1v) is 6.90. The van der Waals surface area contributed by atoms with Gasteiger partial charge in [-0.3, -0.25) is 0 Å². The Morgan fingerprint density at radius 2 is 2.19 bits per heavy atom. The van der Waals surface area contributed by atoms with E-state index in [4.69, 9.17) is 0 Å². The van der Waals surface area contributed by atoms with Gasteiger partial charge in [-0.2, -0.15) is 0 Å². The molecule has 1 heterocycles. The number of benzene rings is 1. The molecular weight excluding hydrogens is 241 g/mol. The molecule has 0 bridgehead atoms. The fourth-order valence-corrected chi connectivity index (χ4v) is 3.08. The van der Waals surface area contributed by atoms with Crippen LogP contribution < -0.4 is 0 Å². The van der Waals surface area contributed by atoms with E-state index in [1.165, 1.54) is 22.7 Å². The van der Waals surface area contributed by atoms with Gasteiger partial charge in [0.05, 0.1) is 5.75 Å². The number of thiazole rings is 1. The third kappa shape index (κ3) is 2.83. The summed E-state index contributed by atoms with van der Waals surface area (Å²) in [5.41, 5.74) is 0. The van der Waals surface area contributed by atoms with Crippen molar-refractivity contribution in [1.82, 2.24) is 4.98 Å². The number of aryl methyl sites for hydroxylation is 1. The van der Waals surface area contributed by atoms with Gasteiger partial charge in [-0.25, -0.2) is 9.37 Å². The number of thioether (sulfide) groups is 1. The summed E-state index contributed by atoms with van der Waals surface area (Å²) in [4.78, 5) is 6.28. The predicted octanol–water partition coefficient (Wildman–Crippen LogP) is 4.14. The molecule has 0 aliphatic carbocycles. The van der Waals surface area contributed by atoms with Crippen molar-refractivity contribution in [2.24, 2.45) is 0 Å². The number of rotatable bonds is 4. The topological polar surface area (TPSA) is 12.9 Å². The summed E-state index contributed by atoms with van der Waals surface area (Å²) < 4.78 is 13.3. The summed E-state index contributed by atoms with van der Waals surface area (Å²) in [6.07, 6.45) is 2.92. The standard InChI is InChI=1S/C12H12FNS2/c1-2-9-7-14-12(16-9)8-15-11-6-4-3-5-10(11)13/h3-7H,2,8H2,1H3. The lowest BCUT2D eigenvalue weighted by Gasteiger charge is -1.99. The van der Waals surface area contributed by atoms with E-state index in [1.807, 2.05) is 12.3 Å². The van der Waals surface area contributed by atoms with Crippen LogP contribution in [0.25, 0.3) is 0 Å². The SMILES string of the molecule is CCc1cnc(CSc2ccccc2F)s1. The number of nitrogens with zero attached hydrogens (tertiary/aromatic N) is 1. The minimum atomic E-state index is -0.153. The molecule has 0 aliphatic heterocycles. The highest BCUT2D eigenvalue weighted by Crippen LogP contribution is 2.27. The molecule has 0 atom stereocenters. The molecule has 0 amide bonds. The van der Waals surface area contributed by atoms with Gasteiger partial charge in [-0.05, 0) is 18.6 Å². The van der Waals surface area contributed by atoms with Crippen molar-refractivity contribution in [1.29, 1.82) is 0 Å². The average molecular weight is 253 g/mol. The second-order valence-corrected chi connectivity index (χ2v) is 5.51. The highest BCUT2D eigenvalue weighted by atomic mass is 32.2. The van der Waals surface area contributed by atoms with Gasteiger partial charge >= 0.3 is 0 Å². The van der Waals surface area contributed by atoms with Gasteiger partial charge in [-0.15, -0.1) is 23.1 Å². The van der Waals surface area contributed by atoms with E-state index in [9.17, 15) is 4.39 Å². The fourth-order valence-electron chi connectivity index (χ4n) is 1.28. The third-order valence-corrected chi connectivity index (χ3v) is 4.52. The molecule has 1 aromatic heterocycles. The van der Waals surface area contributed by atoms with Crippen LogP contribution >= 0.6 is 23.1 Å². The van der Waals surface area contributed by atoms with E-state index in [1.54, 1.807) is 23.5 Å². The highest BCUT2D eigenvalue weighted by Gasteiger charge is 2.04.